The molecule has 0 N–H and O–H groups in total. The van der Waals surface area contributed by atoms with Crippen LogP contribution in [-0.2, 0) is 10.0 Å². The maximum atomic E-state index is 12.9. The molecule has 0 bridgehead atoms. The molecule has 3 heterocycles. The summed E-state index contributed by atoms with van der Waals surface area (Å²) in [6.07, 6.45) is 2.67. The third kappa shape index (κ3) is 3.28. The summed E-state index contributed by atoms with van der Waals surface area (Å²) in [5, 5.41) is 8.85. The van der Waals surface area contributed by atoms with Crippen molar-refractivity contribution in [2.45, 2.75) is 6.04 Å². The fourth-order valence-corrected chi connectivity index (χ4v) is 5.50. The van der Waals surface area contributed by atoms with Gasteiger partial charge >= 0.3 is 0 Å². The lowest BCUT2D eigenvalue weighted by Gasteiger charge is -2.28. The van der Waals surface area contributed by atoms with Gasteiger partial charge in [0, 0.05) is 31.7 Å². The van der Waals surface area contributed by atoms with E-state index >= 15 is 0 Å². The van der Waals surface area contributed by atoms with Crippen molar-refractivity contribution in [3.8, 4) is 6.07 Å². The largest absolute Gasteiger partial charge is 0.338 e. The first kappa shape index (κ1) is 18.6. The number of fused-ring (bicyclic) bond motifs is 1. The van der Waals surface area contributed by atoms with E-state index in [1.165, 1.54) is 18.5 Å². The normalized spacial score (nSPS) is 24.7. The van der Waals surface area contributed by atoms with E-state index in [9.17, 15) is 13.2 Å². The van der Waals surface area contributed by atoms with Crippen molar-refractivity contribution < 1.29 is 13.2 Å². The molecule has 2 aliphatic heterocycles. The van der Waals surface area contributed by atoms with Gasteiger partial charge < -0.3 is 4.90 Å². The molecule has 7 nitrogen and oxygen atoms in total. The summed E-state index contributed by atoms with van der Waals surface area (Å²) in [5.74, 6) is 0.00625. The number of hydrogen-bond donors (Lipinski definition) is 0. The Morgan fingerprint density at radius 1 is 1.14 bits per heavy atom. The molecule has 0 spiro atoms. The molecule has 0 aliphatic carbocycles. The number of sulfonamides is 1. The Labute approximate surface area is 164 Å². The van der Waals surface area contributed by atoms with Crippen molar-refractivity contribution in [2.75, 3.05) is 25.9 Å². The Balaban J connectivity index is 1.59. The average molecular weight is 396 g/mol. The minimum absolute atomic E-state index is 0.0485. The summed E-state index contributed by atoms with van der Waals surface area (Å²) in [7, 11) is -3.35. The summed E-state index contributed by atoms with van der Waals surface area (Å²) >= 11 is 0. The fraction of sp³-hybridized carbons (Fsp3) is 0.350. The maximum absolute atomic E-state index is 12.9. The molecule has 2 aromatic rings. The van der Waals surface area contributed by atoms with Crippen LogP contribution in [-0.4, -0.2) is 54.4 Å². The summed E-state index contributed by atoms with van der Waals surface area (Å²) in [4.78, 5) is 18.6. The monoisotopic (exact) mass is 396 g/mol. The first-order valence-corrected chi connectivity index (χ1v) is 10.9. The molecule has 28 heavy (non-hydrogen) atoms. The smallest absolute Gasteiger partial charge is 0.255 e. The molecule has 0 unspecified atom stereocenters. The highest BCUT2D eigenvalue weighted by Crippen LogP contribution is 2.46. The zero-order valence-corrected chi connectivity index (χ0v) is 16.2. The van der Waals surface area contributed by atoms with Crippen LogP contribution in [0.5, 0.6) is 0 Å². The topological polar surface area (TPSA) is 94.4 Å². The minimum Gasteiger partial charge on any atom is -0.338 e. The van der Waals surface area contributed by atoms with Crippen molar-refractivity contribution in [1.29, 1.82) is 5.26 Å². The molecule has 1 aromatic heterocycles. The molecule has 0 radical (unpaired) electrons. The zero-order chi connectivity index (χ0) is 19.9. The third-order valence-electron chi connectivity index (χ3n) is 5.60. The Bertz CT molecular complexity index is 1030. The summed E-state index contributed by atoms with van der Waals surface area (Å²) in [5.41, 5.74) is 1.66. The molecule has 3 atom stereocenters. The minimum atomic E-state index is -3.35. The van der Waals surface area contributed by atoms with Gasteiger partial charge in [0.15, 0.2) is 0 Å². The van der Waals surface area contributed by atoms with Crippen molar-refractivity contribution in [3.05, 3.63) is 65.5 Å². The van der Waals surface area contributed by atoms with Gasteiger partial charge in [-0.15, -0.1) is 0 Å². The molecule has 4 rings (SSSR count). The van der Waals surface area contributed by atoms with Crippen molar-refractivity contribution >= 4 is 15.9 Å². The third-order valence-corrected chi connectivity index (χ3v) is 6.83. The van der Waals surface area contributed by atoms with Gasteiger partial charge in [0.05, 0.1) is 17.9 Å². The van der Waals surface area contributed by atoms with Crippen LogP contribution in [0.25, 0.3) is 0 Å². The highest BCUT2D eigenvalue weighted by Gasteiger charge is 2.51. The van der Waals surface area contributed by atoms with E-state index < -0.39 is 10.0 Å². The Hall–Kier alpha value is -2.76. The average Bonchev–Trinajstić information content (AvgIpc) is 3.26. The van der Waals surface area contributed by atoms with E-state index in [1.54, 1.807) is 15.3 Å². The molecule has 0 saturated carbocycles. The highest BCUT2D eigenvalue weighted by molar-refractivity contribution is 7.88. The van der Waals surface area contributed by atoms with E-state index in [0.717, 1.165) is 5.56 Å². The van der Waals surface area contributed by atoms with Crippen LogP contribution in [0.2, 0.25) is 0 Å². The summed E-state index contributed by atoms with van der Waals surface area (Å²) < 4.78 is 26.3. The van der Waals surface area contributed by atoms with Crippen molar-refractivity contribution in [2.24, 2.45) is 11.8 Å². The lowest BCUT2D eigenvalue weighted by Crippen LogP contribution is -2.37. The predicted octanol–water partition coefficient (Wildman–Crippen LogP) is 1.66. The number of hydrogen-bond acceptors (Lipinski definition) is 5. The number of carbonyl (C=O) groups excluding carboxylic acids is 1. The van der Waals surface area contributed by atoms with Crippen LogP contribution in [0, 0.1) is 23.2 Å². The van der Waals surface area contributed by atoms with Gasteiger partial charge in [0.1, 0.15) is 11.8 Å². The van der Waals surface area contributed by atoms with Crippen LogP contribution in [0.1, 0.15) is 27.7 Å². The predicted molar refractivity (Wildman–Crippen MR) is 103 cm³/mol. The number of nitriles is 1. The SMILES string of the molecule is CS(=O)(=O)N1C[C@H]2CN(C(=O)c3ccc(C#N)nc3)C[C@H]2[C@@H]1c1ccccc1. The zero-order valence-electron chi connectivity index (χ0n) is 15.4. The molecule has 1 aromatic carbocycles. The van der Waals surface area contributed by atoms with Gasteiger partial charge in [-0.3, -0.25) is 4.79 Å². The van der Waals surface area contributed by atoms with Crippen LogP contribution in [0.15, 0.2) is 48.7 Å². The molecular formula is C20H20N4O3S. The molecular weight excluding hydrogens is 376 g/mol. The number of likely N-dealkylation sites (tertiary alicyclic amines) is 1. The van der Waals surface area contributed by atoms with Gasteiger partial charge in [-0.05, 0) is 23.6 Å². The highest BCUT2D eigenvalue weighted by atomic mass is 32.2. The second-order valence-corrected chi connectivity index (χ2v) is 9.30. The van der Waals surface area contributed by atoms with Gasteiger partial charge in [0.25, 0.3) is 5.91 Å². The van der Waals surface area contributed by atoms with E-state index in [4.69, 9.17) is 5.26 Å². The molecule has 144 valence electrons. The molecule has 2 fully saturated rings. The first-order chi connectivity index (χ1) is 13.4. The van der Waals surface area contributed by atoms with Gasteiger partial charge in [-0.25, -0.2) is 13.4 Å². The van der Waals surface area contributed by atoms with E-state index in [0.29, 0.717) is 25.2 Å². The van der Waals surface area contributed by atoms with Crippen LogP contribution < -0.4 is 0 Å². The van der Waals surface area contributed by atoms with Crippen molar-refractivity contribution in [3.63, 3.8) is 0 Å². The van der Waals surface area contributed by atoms with Gasteiger partial charge in [-0.2, -0.15) is 9.57 Å². The Kier molecular flexibility index (Phi) is 4.65. The number of aromatic nitrogens is 1. The van der Waals surface area contributed by atoms with Crippen LogP contribution in [0.3, 0.4) is 0 Å². The van der Waals surface area contributed by atoms with Crippen molar-refractivity contribution in [1.82, 2.24) is 14.2 Å². The Morgan fingerprint density at radius 3 is 2.50 bits per heavy atom. The summed E-state index contributed by atoms with van der Waals surface area (Å²) in [6, 6.07) is 14.4. The lowest BCUT2D eigenvalue weighted by molar-refractivity contribution is 0.0773. The number of rotatable bonds is 3. The number of nitrogens with zero attached hydrogens (tertiary/aromatic N) is 4. The first-order valence-electron chi connectivity index (χ1n) is 9.05. The quantitative estimate of drug-likeness (QED) is 0.786. The number of amides is 1. The molecule has 2 aliphatic rings. The number of pyridine rings is 1. The molecule has 8 heteroatoms. The Morgan fingerprint density at radius 2 is 1.89 bits per heavy atom. The fourth-order valence-electron chi connectivity index (χ4n) is 4.35. The lowest BCUT2D eigenvalue weighted by atomic mass is 9.90. The van der Waals surface area contributed by atoms with E-state index in [2.05, 4.69) is 4.98 Å². The van der Waals surface area contributed by atoms with E-state index in [1.807, 2.05) is 36.4 Å². The van der Waals surface area contributed by atoms with E-state index in [-0.39, 0.29) is 29.5 Å². The second kappa shape index (κ2) is 7.00. The molecule has 2 saturated heterocycles. The van der Waals surface area contributed by atoms with Crippen LogP contribution >= 0.6 is 0 Å². The second-order valence-electron chi connectivity index (χ2n) is 7.37. The van der Waals surface area contributed by atoms with Crippen LogP contribution in [0.4, 0.5) is 0 Å². The summed E-state index contributed by atoms with van der Waals surface area (Å²) in [6.45, 7) is 1.42. The van der Waals surface area contributed by atoms with Gasteiger partial charge in [-0.1, -0.05) is 30.3 Å². The number of carbonyl (C=O) groups is 1. The standard InChI is InChI=1S/C20H20N4O3S/c1-28(26,27)24-12-16-11-23(20(25)15-7-8-17(9-21)22-10-15)13-18(16)19(24)14-5-3-2-4-6-14/h2-8,10,16,18-19H,11-13H2,1H3/t16-,18-,19+/m1/s1. The molecule has 1 amide bonds. The number of benzene rings is 1. The van der Waals surface area contributed by atoms with Gasteiger partial charge in [0.2, 0.25) is 10.0 Å². The maximum Gasteiger partial charge on any atom is 0.255 e.